The van der Waals surface area contributed by atoms with Crippen LogP contribution >= 0.6 is 0 Å². The first kappa shape index (κ1) is 14.5. The number of sulfonamides is 1. The van der Waals surface area contributed by atoms with Gasteiger partial charge in [-0.25, -0.2) is 8.42 Å². The van der Waals surface area contributed by atoms with Crippen molar-refractivity contribution in [2.24, 2.45) is 7.05 Å². The number of likely N-dealkylation sites (N-methyl/N-ethyl adjacent to an activating group) is 1. The van der Waals surface area contributed by atoms with E-state index in [0.717, 1.165) is 12.8 Å². The molecule has 1 aromatic rings. The Morgan fingerprint density at radius 1 is 1.42 bits per heavy atom. The number of hydrogen-bond acceptors (Lipinski definition) is 4. The minimum absolute atomic E-state index is 0.0500. The maximum absolute atomic E-state index is 12.8. The normalized spacial score (nSPS) is 21.2. The third-order valence-electron chi connectivity index (χ3n) is 3.77. The third-order valence-corrected chi connectivity index (χ3v) is 5.98. The van der Waals surface area contributed by atoms with Gasteiger partial charge in [-0.15, -0.1) is 0 Å². The lowest BCUT2D eigenvalue weighted by atomic mass is 10.2. The second kappa shape index (κ2) is 5.22. The third kappa shape index (κ3) is 2.42. The van der Waals surface area contributed by atoms with Gasteiger partial charge in [0.1, 0.15) is 4.90 Å². The van der Waals surface area contributed by atoms with Crippen molar-refractivity contribution < 1.29 is 8.42 Å². The molecule has 108 valence electrons. The van der Waals surface area contributed by atoms with Crippen LogP contribution in [0.25, 0.3) is 0 Å². The molecule has 1 fully saturated rings. The van der Waals surface area contributed by atoms with E-state index in [2.05, 4.69) is 10.4 Å². The summed E-state index contributed by atoms with van der Waals surface area (Å²) < 4.78 is 28.9. The Morgan fingerprint density at radius 3 is 2.63 bits per heavy atom. The van der Waals surface area contributed by atoms with E-state index in [1.807, 2.05) is 7.05 Å². The molecule has 1 aromatic heterocycles. The summed E-state index contributed by atoms with van der Waals surface area (Å²) in [5.41, 5.74) is 1.28. The molecule has 1 aliphatic heterocycles. The fourth-order valence-corrected chi connectivity index (χ4v) is 4.91. The van der Waals surface area contributed by atoms with Crippen molar-refractivity contribution in [2.75, 3.05) is 20.1 Å². The van der Waals surface area contributed by atoms with Crippen LogP contribution in [0.15, 0.2) is 4.90 Å². The molecule has 1 unspecified atom stereocenters. The van der Waals surface area contributed by atoms with E-state index in [0.29, 0.717) is 29.4 Å². The summed E-state index contributed by atoms with van der Waals surface area (Å²) in [6, 6.07) is 0.0500. The molecule has 0 saturated carbocycles. The van der Waals surface area contributed by atoms with Crippen LogP contribution in [0.4, 0.5) is 0 Å². The molecule has 0 spiro atoms. The van der Waals surface area contributed by atoms with Crippen molar-refractivity contribution in [2.45, 2.75) is 37.6 Å². The lowest BCUT2D eigenvalue weighted by Gasteiger charge is -2.24. The lowest BCUT2D eigenvalue weighted by Crippen LogP contribution is -2.41. The highest BCUT2D eigenvalue weighted by atomic mass is 32.2. The molecule has 6 nitrogen and oxygen atoms in total. The van der Waals surface area contributed by atoms with Crippen molar-refractivity contribution in [1.29, 1.82) is 0 Å². The molecule has 2 rings (SSSR count). The van der Waals surface area contributed by atoms with E-state index in [1.165, 1.54) is 0 Å². The van der Waals surface area contributed by atoms with Crippen LogP contribution in [0, 0.1) is 13.8 Å². The molecular weight excluding hydrogens is 264 g/mol. The van der Waals surface area contributed by atoms with Gasteiger partial charge >= 0.3 is 0 Å². The summed E-state index contributed by atoms with van der Waals surface area (Å²) in [7, 11) is 0.185. The zero-order valence-corrected chi connectivity index (χ0v) is 12.8. The predicted octanol–water partition coefficient (Wildman–Crippen LogP) is 0.409. The van der Waals surface area contributed by atoms with Crippen LogP contribution < -0.4 is 5.32 Å². The Morgan fingerprint density at radius 2 is 2.11 bits per heavy atom. The summed E-state index contributed by atoms with van der Waals surface area (Å²) >= 11 is 0. The number of aromatic nitrogens is 2. The number of rotatable bonds is 4. The van der Waals surface area contributed by atoms with E-state index >= 15 is 0 Å². The van der Waals surface area contributed by atoms with Crippen LogP contribution in [0.1, 0.15) is 24.2 Å². The monoisotopic (exact) mass is 286 g/mol. The van der Waals surface area contributed by atoms with Crippen LogP contribution in [0.5, 0.6) is 0 Å². The van der Waals surface area contributed by atoms with Crippen molar-refractivity contribution in [1.82, 2.24) is 19.4 Å². The second-order valence-electron chi connectivity index (χ2n) is 5.09. The van der Waals surface area contributed by atoms with Gasteiger partial charge in [0.15, 0.2) is 0 Å². The highest BCUT2D eigenvalue weighted by molar-refractivity contribution is 7.89. The van der Waals surface area contributed by atoms with Gasteiger partial charge < -0.3 is 5.32 Å². The Balaban J connectivity index is 2.42. The van der Waals surface area contributed by atoms with Gasteiger partial charge in [-0.1, -0.05) is 0 Å². The summed E-state index contributed by atoms with van der Waals surface area (Å²) in [4.78, 5) is 0.373. The summed E-state index contributed by atoms with van der Waals surface area (Å²) in [6.07, 6.45) is 1.84. The quantitative estimate of drug-likeness (QED) is 0.870. The van der Waals surface area contributed by atoms with E-state index < -0.39 is 10.0 Å². The van der Waals surface area contributed by atoms with Gasteiger partial charge in [-0.05, 0) is 33.7 Å². The summed E-state index contributed by atoms with van der Waals surface area (Å²) in [5.74, 6) is 0. The van der Waals surface area contributed by atoms with Crippen molar-refractivity contribution in [3.8, 4) is 0 Å². The Labute approximate surface area is 114 Å². The van der Waals surface area contributed by atoms with Gasteiger partial charge in [0.05, 0.1) is 11.4 Å². The lowest BCUT2D eigenvalue weighted by molar-refractivity contribution is 0.378. The highest BCUT2D eigenvalue weighted by Gasteiger charge is 2.37. The molecule has 0 radical (unpaired) electrons. The zero-order valence-electron chi connectivity index (χ0n) is 12.0. The smallest absolute Gasteiger partial charge is 0.247 e. The fraction of sp³-hybridized carbons (Fsp3) is 0.750. The molecule has 1 N–H and O–H groups in total. The van der Waals surface area contributed by atoms with E-state index in [-0.39, 0.29) is 6.04 Å². The molecule has 7 heteroatoms. The molecule has 0 aliphatic carbocycles. The van der Waals surface area contributed by atoms with Gasteiger partial charge in [-0.3, -0.25) is 4.68 Å². The molecular formula is C12H22N4O2S. The molecule has 19 heavy (non-hydrogen) atoms. The average molecular weight is 286 g/mol. The SMILES string of the molecule is CNCC1CCCN1S(=O)(=O)c1c(C)nn(C)c1C. The molecule has 1 aliphatic rings. The van der Waals surface area contributed by atoms with Gasteiger partial charge in [0.2, 0.25) is 10.0 Å². The topological polar surface area (TPSA) is 67.2 Å². The first-order valence-corrected chi connectivity index (χ1v) is 8.00. The molecule has 1 atom stereocenters. The van der Waals surface area contributed by atoms with Crippen molar-refractivity contribution in [3.05, 3.63) is 11.4 Å². The molecule has 2 heterocycles. The minimum Gasteiger partial charge on any atom is -0.318 e. The van der Waals surface area contributed by atoms with Crippen molar-refractivity contribution >= 4 is 10.0 Å². The first-order chi connectivity index (χ1) is 8.89. The Bertz CT molecular complexity index is 565. The van der Waals surface area contributed by atoms with E-state index in [4.69, 9.17) is 0 Å². The van der Waals surface area contributed by atoms with E-state index in [9.17, 15) is 8.42 Å². The maximum Gasteiger partial charge on any atom is 0.247 e. The molecule has 0 bridgehead atoms. The Hall–Kier alpha value is -0.920. The molecule has 0 amide bonds. The largest absolute Gasteiger partial charge is 0.318 e. The maximum atomic E-state index is 12.8. The highest BCUT2D eigenvalue weighted by Crippen LogP contribution is 2.29. The fourth-order valence-electron chi connectivity index (χ4n) is 2.81. The van der Waals surface area contributed by atoms with Gasteiger partial charge in [0, 0.05) is 26.2 Å². The molecule has 0 aromatic carbocycles. The first-order valence-electron chi connectivity index (χ1n) is 6.56. The van der Waals surface area contributed by atoms with E-state index in [1.54, 1.807) is 29.9 Å². The van der Waals surface area contributed by atoms with Crippen LogP contribution in [-0.4, -0.2) is 48.7 Å². The summed E-state index contributed by atoms with van der Waals surface area (Å²) in [6.45, 7) is 4.85. The summed E-state index contributed by atoms with van der Waals surface area (Å²) in [5, 5.41) is 7.29. The minimum atomic E-state index is -3.44. The predicted molar refractivity (Wildman–Crippen MR) is 73.5 cm³/mol. The average Bonchev–Trinajstić information content (AvgIpc) is 2.86. The second-order valence-corrected chi connectivity index (χ2v) is 6.92. The number of hydrogen-bond donors (Lipinski definition) is 1. The van der Waals surface area contributed by atoms with Gasteiger partial charge in [-0.2, -0.15) is 9.40 Å². The zero-order chi connectivity index (χ0) is 14.2. The van der Waals surface area contributed by atoms with Gasteiger partial charge in [0.25, 0.3) is 0 Å². The molecule has 1 saturated heterocycles. The Kier molecular flexibility index (Phi) is 3.98. The van der Waals surface area contributed by atoms with Crippen LogP contribution in [0.2, 0.25) is 0 Å². The number of aryl methyl sites for hydroxylation is 2. The van der Waals surface area contributed by atoms with Crippen LogP contribution in [-0.2, 0) is 17.1 Å². The van der Waals surface area contributed by atoms with Crippen LogP contribution in [0.3, 0.4) is 0 Å². The van der Waals surface area contributed by atoms with Crippen molar-refractivity contribution in [3.63, 3.8) is 0 Å². The standard InChI is InChI=1S/C12H22N4O2S/c1-9-12(10(2)15(4)14-9)19(17,18)16-7-5-6-11(16)8-13-3/h11,13H,5-8H2,1-4H3. The number of nitrogens with one attached hydrogen (secondary N) is 1. The number of nitrogens with zero attached hydrogens (tertiary/aromatic N) is 3.